The highest BCUT2D eigenvalue weighted by Crippen LogP contribution is 2.36. The van der Waals surface area contributed by atoms with Gasteiger partial charge in [-0.25, -0.2) is 0 Å². The molecule has 3 unspecified atom stereocenters. The van der Waals surface area contributed by atoms with Crippen molar-refractivity contribution in [2.75, 3.05) is 0 Å². The van der Waals surface area contributed by atoms with Gasteiger partial charge in [-0.15, -0.1) is 0 Å². The van der Waals surface area contributed by atoms with Gasteiger partial charge < -0.3 is 11.4 Å². The Morgan fingerprint density at radius 2 is 0.622 bits per heavy atom. The van der Waals surface area contributed by atoms with Crippen LogP contribution in [0.2, 0.25) is 0 Å². The molecule has 0 fully saturated rings. The van der Waals surface area contributed by atoms with Gasteiger partial charge >= 0.3 is 15.1 Å². The molecule has 0 spiro atoms. The normalized spacial score (nSPS) is 17.8. The lowest BCUT2D eigenvalue weighted by Crippen LogP contribution is -2.50. The topological polar surface area (TPSA) is 27.7 Å². The molecule has 222 valence electrons. The molecule has 0 saturated heterocycles. The Morgan fingerprint density at radius 1 is 0.405 bits per heavy atom. The van der Waals surface area contributed by atoms with Crippen molar-refractivity contribution in [1.29, 1.82) is 0 Å². The summed E-state index contributed by atoms with van der Waals surface area (Å²) in [4.78, 5) is 0. The van der Waals surface area contributed by atoms with Gasteiger partial charge in [0.1, 0.15) is 0 Å². The molecular formula is C33H69AlO3. The summed E-state index contributed by atoms with van der Waals surface area (Å²) in [5, 5.41) is 0. The van der Waals surface area contributed by atoms with Gasteiger partial charge in [0.15, 0.2) is 0 Å². The zero-order valence-corrected chi connectivity index (χ0v) is 29.3. The highest BCUT2D eigenvalue weighted by molar-refractivity contribution is 6.36. The first kappa shape index (κ1) is 37.4. The quantitative estimate of drug-likeness (QED) is 0.135. The SMILES string of the molecule is CC(C)CCC(C)(CC(C)C)[O][Al]([O]C(C)(CCC(C)C)CC(C)C)[O]C(C)(CCC(C)C)CC(C)C. The van der Waals surface area contributed by atoms with Gasteiger partial charge in [-0.1, -0.05) is 83.1 Å². The van der Waals surface area contributed by atoms with E-state index in [0.717, 1.165) is 57.8 Å². The van der Waals surface area contributed by atoms with Crippen molar-refractivity contribution in [3.05, 3.63) is 0 Å². The Kier molecular flexibility index (Phi) is 17.5. The van der Waals surface area contributed by atoms with Crippen molar-refractivity contribution < 1.29 is 11.4 Å². The summed E-state index contributed by atoms with van der Waals surface area (Å²) in [7, 11) is 0. The van der Waals surface area contributed by atoms with Gasteiger partial charge in [0, 0.05) is 16.8 Å². The van der Waals surface area contributed by atoms with Crippen LogP contribution >= 0.6 is 0 Å². The van der Waals surface area contributed by atoms with Crippen molar-refractivity contribution in [3.63, 3.8) is 0 Å². The zero-order chi connectivity index (χ0) is 29.0. The molecular weight excluding hydrogens is 471 g/mol. The molecule has 3 nitrogen and oxygen atoms in total. The van der Waals surface area contributed by atoms with Crippen molar-refractivity contribution in [2.24, 2.45) is 35.5 Å². The molecule has 0 N–H and O–H groups in total. The van der Waals surface area contributed by atoms with Crippen LogP contribution in [0.15, 0.2) is 0 Å². The predicted octanol–water partition coefficient (Wildman–Crippen LogP) is 10.7. The third-order valence-electron chi connectivity index (χ3n) is 7.41. The van der Waals surface area contributed by atoms with E-state index in [2.05, 4.69) is 104 Å². The lowest BCUT2D eigenvalue weighted by Gasteiger charge is -2.43. The molecule has 0 saturated carbocycles. The summed E-state index contributed by atoms with van der Waals surface area (Å²) in [5.41, 5.74) is -0.658. The van der Waals surface area contributed by atoms with Crippen LogP contribution in [-0.2, 0) is 11.4 Å². The summed E-state index contributed by atoms with van der Waals surface area (Å²) in [6, 6.07) is 0. The minimum absolute atomic E-state index is 0.219. The first-order valence-corrected chi connectivity index (χ1v) is 17.2. The Hall–Kier alpha value is 0.412. The molecule has 0 aromatic rings. The number of hydrogen-bond donors (Lipinski definition) is 0. The van der Waals surface area contributed by atoms with E-state index in [1.807, 2.05) is 0 Å². The highest BCUT2D eigenvalue weighted by Gasteiger charge is 2.48. The van der Waals surface area contributed by atoms with Gasteiger partial charge in [0.05, 0.1) is 0 Å². The maximum absolute atomic E-state index is 7.16. The van der Waals surface area contributed by atoms with Crippen LogP contribution in [0.25, 0.3) is 0 Å². The number of rotatable bonds is 21. The van der Waals surface area contributed by atoms with E-state index in [1.54, 1.807) is 0 Å². The minimum atomic E-state index is -2.47. The fourth-order valence-corrected chi connectivity index (χ4v) is 7.95. The van der Waals surface area contributed by atoms with Gasteiger partial charge in [0.2, 0.25) is 0 Å². The summed E-state index contributed by atoms with van der Waals surface area (Å²) < 4.78 is 21.5. The molecule has 3 atom stereocenters. The summed E-state index contributed by atoms with van der Waals surface area (Å²) in [6.07, 6.45) is 9.77. The predicted molar refractivity (Wildman–Crippen MR) is 165 cm³/mol. The van der Waals surface area contributed by atoms with Crippen LogP contribution in [0.5, 0.6) is 0 Å². The maximum Gasteiger partial charge on any atom is 0.906 e. The first-order valence-electron chi connectivity index (χ1n) is 15.8. The molecule has 0 bridgehead atoms. The molecule has 0 radical (unpaired) electrons. The average Bonchev–Trinajstić information content (AvgIpc) is 2.67. The Morgan fingerprint density at radius 3 is 0.784 bits per heavy atom. The molecule has 0 rings (SSSR count). The standard InChI is InChI=1S/3C11H23O.Al/c3*1-9(2)6-7-11(5,12)8-10(3)4;/h3*9-10H,6-8H2,1-5H3;/q3*-1;+3. The van der Waals surface area contributed by atoms with E-state index in [1.165, 1.54) is 0 Å². The third-order valence-corrected chi connectivity index (χ3v) is 9.70. The summed E-state index contributed by atoms with van der Waals surface area (Å²) >= 11 is -2.47. The Bertz CT molecular complexity index is 507. The molecule has 4 heteroatoms. The van der Waals surface area contributed by atoms with Crippen LogP contribution < -0.4 is 0 Å². The third kappa shape index (κ3) is 18.4. The average molecular weight is 541 g/mol. The van der Waals surface area contributed by atoms with Gasteiger partial charge in [-0.05, 0) is 114 Å². The van der Waals surface area contributed by atoms with Crippen molar-refractivity contribution in [2.45, 2.75) is 178 Å². The molecule has 0 aliphatic heterocycles. The van der Waals surface area contributed by atoms with Crippen LogP contribution in [0.1, 0.15) is 162 Å². The monoisotopic (exact) mass is 541 g/mol. The van der Waals surface area contributed by atoms with E-state index >= 15 is 0 Å². The smallest absolute Gasteiger partial charge is 0.449 e. The second kappa shape index (κ2) is 17.3. The van der Waals surface area contributed by atoms with Crippen molar-refractivity contribution in [3.8, 4) is 0 Å². The largest absolute Gasteiger partial charge is 0.906 e. The van der Waals surface area contributed by atoms with E-state index in [-0.39, 0.29) is 16.8 Å². The molecule has 0 aliphatic rings. The summed E-state index contributed by atoms with van der Waals surface area (Å²) in [5.74, 6) is 3.68. The highest BCUT2D eigenvalue weighted by atomic mass is 27.3. The minimum Gasteiger partial charge on any atom is -0.449 e. The molecule has 0 amide bonds. The van der Waals surface area contributed by atoms with E-state index in [4.69, 9.17) is 11.4 Å². The fraction of sp³-hybridized carbons (Fsp3) is 1.00. The molecule has 0 aliphatic carbocycles. The van der Waals surface area contributed by atoms with Crippen LogP contribution in [0, 0.1) is 35.5 Å². The lowest BCUT2D eigenvalue weighted by molar-refractivity contribution is -0.0988. The van der Waals surface area contributed by atoms with E-state index in [9.17, 15) is 0 Å². The number of hydrogen-bond acceptors (Lipinski definition) is 3. The molecule has 37 heavy (non-hydrogen) atoms. The van der Waals surface area contributed by atoms with Crippen LogP contribution in [0.3, 0.4) is 0 Å². The van der Waals surface area contributed by atoms with Gasteiger partial charge in [-0.3, -0.25) is 0 Å². The molecule has 0 aromatic carbocycles. The molecule has 0 aromatic heterocycles. The Balaban J connectivity index is 6.31. The lowest BCUT2D eigenvalue weighted by atomic mass is 9.88. The van der Waals surface area contributed by atoms with E-state index in [0.29, 0.717) is 35.5 Å². The van der Waals surface area contributed by atoms with Crippen molar-refractivity contribution >= 4 is 15.1 Å². The fourth-order valence-electron chi connectivity index (χ4n) is 5.77. The second-order valence-electron chi connectivity index (χ2n) is 15.6. The Labute approximate surface area is 240 Å². The second-order valence-corrected chi connectivity index (χ2v) is 16.9. The van der Waals surface area contributed by atoms with Gasteiger partial charge in [-0.2, -0.15) is 0 Å². The first-order chi connectivity index (χ1) is 16.8. The summed E-state index contributed by atoms with van der Waals surface area (Å²) in [6.45, 7) is 34.7. The zero-order valence-electron chi connectivity index (χ0n) is 28.1. The van der Waals surface area contributed by atoms with Gasteiger partial charge in [0.25, 0.3) is 0 Å². The molecule has 0 heterocycles. The van der Waals surface area contributed by atoms with Crippen LogP contribution in [0.4, 0.5) is 0 Å². The van der Waals surface area contributed by atoms with Crippen LogP contribution in [-0.4, -0.2) is 32.0 Å². The maximum atomic E-state index is 7.16. The van der Waals surface area contributed by atoms with E-state index < -0.39 is 15.1 Å². The van der Waals surface area contributed by atoms with Crippen molar-refractivity contribution in [1.82, 2.24) is 0 Å².